The Bertz CT molecular complexity index is 881. The van der Waals surface area contributed by atoms with E-state index in [-0.39, 0.29) is 11.8 Å². The van der Waals surface area contributed by atoms with E-state index in [1.807, 2.05) is 12.1 Å². The first-order chi connectivity index (χ1) is 17.6. The highest BCUT2D eigenvalue weighted by atomic mass is 16.2. The molecule has 198 valence electrons. The number of carbonyl (C=O) groups is 2. The molecule has 2 amide bonds. The third-order valence-electron chi connectivity index (χ3n) is 9.06. The van der Waals surface area contributed by atoms with Crippen LogP contribution in [0.25, 0.3) is 0 Å². The van der Waals surface area contributed by atoms with E-state index in [0.717, 1.165) is 89.0 Å². The van der Waals surface area contributed by atoms with E-state index in [2.05, 4.69) is 43.6 Å². The maximum absolute atomic E-state index is 13.4. The Balaban J connectivity index is 1.10. The SMILES string of the molecule is CCN(C(=O)c1cccc(N2CCN(CC(=O)N3CCN(C4CCC4)CC3)CC2)c1)C1CCCCC1. The van der Waals surface area contributed by atoms with Crippen LogP contribution in [-0.2, 0) is 4.79 Å². The number of piperazine rings is 2. The van der Waals surface area contributed by atoms with Gasteiger partial charge in [-0.3, -0.25) is 19.4 Å². The molecule has 0 radical (unpaired) electrons. The first-order valence-corrected chi connectivity index (χ1v) is 14.5. The largest absolute Gasteiger partial charge is 0.369 e. The minimum atomic E-state index is 0.174. The second kappa shape index (κ2) is 12.0. The molecule has 2 aliphatic heterocycles. The van der Waals surface area contributed by atoms with E-state index in [1.54, 1.807) is 0 Å². The normalized spacial score (nSPS) is 22.9. The molecule has 2 saturated heterocycles. The van der Waals surface area contributed by atoms with Crippen LogP contribution >= 0.6 is 0 Å². The summed E-state index contributed by atoms with van der Waals surface area (Å²) in [6.45, 7) is 10.8. The molecule has 4 fully saturated rings. The summed E-state index contributed by atoms with van der Waals surface area (Å²) >= 11 is 0. The Labute approximate surface area is 217 Å². The number of hydrogen-bond acceptors (Lipinski definition) is 5. The molecule has 7 nitrogen and oxygen atoms in total. The number of hydrogen-bond donors (Lipinski definition) is 0. The molecule has 4 aliphatic rings. The van der Waals surface area contributed by atoms with Crippen LogP contribution in [0.15, 0.2) is 24.3 Å². The van der Waals surface area contributed by atoms with Crippen molar-refractivity contribution in [2.24, 2.45) is 0 Å². The smallest absolute Gasteiger partial charge is 0.254 e. The van der Waals surface area contributed by atoms with Crippen LogP contribution in [0, 0.1) is 0 Å². The topological polar surface area (TPSA) is 50.3 Å². The standard InChI is InChI=1S/C29H45N5O2/c1-2-34(26-9-4-3-5-10-26)29(36)24-8-6-13-27(22-24)32-16-14-30(15-17-32)23-28(35)33-20-18-31(19-21-33)25-11-7-12-25/h6,8,13,22,25-26H,2-5,7,9-12,14-21,23H2,1H3. The molecule has 1 aromatic rings. The summed E-state index contributed by atoms with van der Waals surface area (Å²) in [6, 6.07) is 9.36. The molecular formula is C29H45N5O2. The molecule has 0 unspecified atom stereocenters. The number of rotatable bonds is 7. The fourth-order valence-electron chi connectivity index (χ4n) is 6.51. The van der Waals surface area contributed by atoms with Crippen molar-refractivity contribution in [3.8, 4) is 0 Å². The summed E-state index contributed by atoms with van der Waals surface area (Å²) in [5.41, 5.74) is 1.93. The minimum absolute atomic E-state index is 0.174. The number of benzene rings is 1. The number of amides is 2. The second-order valence-electron chi connectivity index (χ2n) is 11.2. The van der Waals surface area contributed by atoms with Crippen molar-refractivity contribution in [2.45, 2.75) is 70.4 Å². The second-order valence-corrected chi connectivity index (χ2v) is 11.2. The van der Waals surface area contributed by atoms with Gasteiger partial charge in [-0.1, -0.05) is 31.7 Å². The molecule has 0 N–H and O–H groups in total. The van der Waals surface area contributed by atoms with Gasteiger partial charge in [0.25, 0.3) is 5.91 Å². The molecule has 1 aromatic carbocycles. The molecule has 5 rings (SSSR count). The molecule has 0 spiro atoms. The summed E-state index contributed by atoms with van der Waals surface area (Å²) in [4.78, 5) is 37.7. The van der Waals surface area contributed by atoms with Gasteiger partial charge in [-0.2, -0.15) is 0 Å². The van der Waals surface area contributed by atoms with Gasteiger partial charge >= 0.3 is 0 Å². The molecule has 0 bridgehead atoms. The van der Waals surface area contributed by atoms with Crippen molar-refractivity contribution in [1.82, 2.24) is 19.6 Å². The van der Waals surface area contributed by atoms with E-state index >= 15 is 0 Å². The molecular weight excluding hydrogens is 450 g/mol. The molecule has 0 atom stereocenters. The van der Waals surface area contributed by atoms with Crippen molar-refractivity contribution in [1.29, 1.82) is 0 Å². The fraction of sp³-hybridized carbons (Fsp3) is 0.724. The highest BCUT2D eigenvalue weighted by molar-refractivity contribution is 5.95. The minimum Gasteiger partial charge on any atom is -0.369 e. The lowest BCUT2D eigenvalue weighted by molar-refractivity contribution is -0.134. The summed E-state index contributed by atoms with van der Waals surface area (Å²) < 4.78 is 0. The van der Waals surface area contributed by atoms with E-state index in [1.165, 1.54) is 38.5 Å². The number of carbonyl (C=O) groups excluding carboxylic acids is 2. The third-order valence-corrected chi connectivity index (χ3v) is 9.06. The Morgan fingerprint density at radius 1 is 0.861 bits per heavy atom. The number of nitrogens with zero attached hydrogens (tertiary/aromatic N) is 5. The van der Waals surface area contributed by atoms with Crippen molar-refractivity contribution in [3.63, 3.8) is 0 Å². The Morgan fingerprint density at radius 3 is 2.22 bits per heavy atom. The van der Waals surface area contributed by atoms with Crippen LogP contribution in [0.4, 0.5) is 5.69 Å². The van der Waals surface area contributed by atoms with E-state index in [9.17, 15) is 9.59 Å². The molecule has 36 heavy (non-hydrogen) atoms. The molecule has 2 saturated carbocycles. The Kier molecular flexibility index (Phi) is 8.47. The lowest BCUT2D eigenvalue weighted by Crippen LogP contribution is -2.56. The quantitative estimate of drug-likeness (QED) is 0.581. The van der Waals surface area contributed by atoms with Gasteiger partial charge in [-0.05, 0) is 50.8 Å². The highest BCUT2D eigenvalue weighted by Gasteiger charge is 2.30. The zero-order chi connectivity index (χ0) is 24.9. The van der Waals surface area contributed by atoms with Crippen molar-refractivity contribution < 1.29 is 9.59 Å². The van der Waals surface area contributed by atoms with Gasteiger partial charge in [-0.25, -0.2) is 0 Å². The molecule has 7 heteroatoms. The molecule has 2 heterocycles. The average Bonchev–Trinajstić information content (AvgIpc) is 2.89. The van der Waals surface area contributed by atoms with Gasteiger partial charge in [-0.15, -0.1) is 0 Å². The van der Waals surface area contributed by atoms with E-state index in [0.29, 0.717) is 12.6 Å². The predicted octanol–water partition coefficient (Wildman–Crippen LogP) is 3.30. The van der Waals surface area contributed by atoms with Crippen LogP contribution in [0.1, 0.15) is 68.6 Å². The van der Waals surface area contributed by atoms with Crippen molar-refractivity contribution in [2.75, 3.05) is 70.3 Å². The zero-order valence-electron chi connectivity index (χ0n) is 22.2. The Hall–Kier alpha value is -2.12. The molecule has 0 aromatic heterocycles. The van der Waals surface area contributed by atoms with Crippen LogP contribution in [0.3, 0.4) is 0 Å². The zero-order valence-corrected chi connectivity index (χ0v) is 22.2. The van der Waals surface area contributed by atoms with Crippen LogP contribution in [0.5, 0.6) is 0 Å². The van der Waals surface area contributed by atoms with Crippen LogP contribution < -0.4 is 4.90 Å². The highest BCUT2D eigenvalue weighted by Crippen LogP contribution is 2.27. The van der Waals surface area contributed by atoms with Gasteiger partial charge in [0.15, 0.2) is 0 Å². The van der Waals surface area contributed by atoms with Gasteiger partial charge in [0.05, 0.1) is 6.54 Å². The van der Waals surface area contributed by atoms with Gasteiger partial charge in [0, 0.05) is 82.2 Å². The van der Waals surface area contributed by atoms with Gasteiger partial charge in [0.2, 0.25) is 5.91 Å². The molecule has 2 aliphatic carbocycles. The maximum atomic E-state index is 13.4. The summed E-state index contributed by atoms with van der Waals surface area (Å²) in [7, 11) is 0. The van der Waals surface area contributed by atoms with Crippen LogP contribution in [0.2, 0.25) is 0 Å². The van der Waals surface area contributed by atoms with Crippen molar-refractivity contribution in [3.05, 3.63) is 29.8 Å². The lowest BCUT2D eigenvalue weighted by Gasteiger charge is -2.43. The predicted molar refractivity (Wildman–Crippen MR) is 144 cm³/mol. The van der Waals surface area contributed by atoms with Gasteiger partial charge < -0.3 is 14.7 Å². The Morgan fingerprint density at radius 2 is 1.58 bits per heavy atom. The maximum Gasteiger partial charge on any atom is 0.254 e. The van der Waals surface area contributed by atoms with Crippen LogP contribution in [-0.4, -0.2) is 109 Å². The summed E-state index contributed by atoms with van der Waals surface area (Å²) in [5.74, 6) is 0.458. The monoisotopic (exact) mass is 495 g/mol. The van der Waals surface area contributed by atoms with Crippen molar-refractivity contribution >= 4 is 17.5 Å². The summed E-state index contributed by atoms with van der Waals surface area (Å²) in [6.07, 6.45) is 10.1. The third kappa shape index (κ3) is 5.88. The van der Waals surface area contributed by atoms with E-state index < -0.39 is 0 Å². The van der Waals surface area contributed by atoms with E-state index in [4.69, 9.17) is 0 Å². The lowest BCUT2D eigenvalue weighted by atomic mass is 9.91. The van der Waals surface area contributed by atoms with Gasteiger partial charge in [0.1, 0.15) is 0 Å². The first-order valence-electron chi connectivity index (χ1n) is 14.5. The average molecular weight is 496 g/mol. The number of anilines is 1. The fourth-order valence-corrected chi connectivity index (χ4v) is 6.51. The first kappa shape index (κ1) is 25.5. The summed E-state index contributed by atoms with van der Waals surface area (Å²) in [5, 5.41) is 0.